The molecule has 4 rings (SSSR count). The van der Waals surface area contributed by atoms with Crippen LogP contribution in [0.15, 0.2) is 30.5 Å². The van der Waals surface area contributed by atoms with Crippen LogP contribution in [0.4, 0.5) is 16.2 Å². The predicted octanol–water partition coefficient (Wildman–Crippen LogP) is 1.56. The number of piperazine rings is 1. The second kappa shape index (κ2) is 6.21. The molecule has 8 heteroatoms. The molecule has 1 saturated heterocycles. The highest BCUT2D eigenvalue weighted by Crippen LogP contribution is 2.26. The third-order valence-electron chi connectivity index (χ3n) is 4.35. The van der Waals surface area contributed by atoms with Gasteiger partial charge < -0.3 is 15.5 Å². The molecule has 0 radical (unpaired) electrons. The molecular formula is C17H18FN7. The van der Waals surface area contributed by atoms with Gasteiger partial charge in [-0.3, -0.25) is 0 Å². The first kappa shape index (κ1) is 15.6. The number of likely N-dealkylation sites (N-methyl/N-ethyl adjacent to an activating group) is 1. The maximum Gasteiger partial charge on any atom is 0.224 e. The van der Waals surface area contributed by atoms with Crippen LogP contribution in [0.5, 0.6) is 0 Å². The summed E-state index contributed by atoms with van der Waals surface area (Å²) in [5.41, 5.74) is 8.37. The Hall–Kier alpha value is -2.87. The number of nitrogen functional groups attached to an aromatic ring is 1. The van der Waals surface area contributed by atoms with Gasteiger partial charge in [-0.15, -0.1) is 0 Å². The van der Waals surface area contributed by atoms with Crippen molar-refractivity contribution in [2.75, 3.05) is 43.9 Å². The van der Waals surface area contributed by atoms with E-state index < -0.39 is 0 Å². The Kier molecular flexibility index (Phi) is 3.89. The highest BCUT2D eigenvalue weighted by Gasteiger charge is 2.20. The van der Waals surface area contributed by atoms with Crippen molar-refractivity contribution in [1.29, 1.82) is 0 Å². The zero-order chi connectivity index (χ0) is 17.4. The summed E-state index contributed by atoms with van der Waals surface area (Å²) in [4.78, 5) is 22.1. The van der Waals surface area contributed by atoms with Crippen molar-refractivity contribution in [3.8, 4) is 11.3 Å². The Morgan fingerprint density at radius 1 is 1.00 bits per heavy atom. The van der Waals surface area contributed by atoms with Crippen molar-refractivity contribution in [3.63, 3.8) is 0 Å². The smallest absolute Gasteiger partial charge is 0.224 e. The minimum absolute atomic E-state index is 0.185. The van der Waals surface area contributed by atoms with E-state index in [0.29, 0.717) is 22.7 Å². The summed E-state index contributed by atoms with van der Waals surface area (Å²) >= 11 is 0. The molecule has 0 amide bonds. The first-order valence-corrected chi connectivity index (χ1v) is 8.10. The average Bonchev–Trinajstić information content (AvgIpc) is 2.62. The van der Waals surface area contributed by atoms with E-state index in [1.54, 1.807) is 18.3 Å². The van der Waals surface area contributed by atoms with Crippen LogP contribution in [0.1, 0.15) is 0 Å². The minimum atomic E-state index is -0.285. The summed E-state index contributed by atoms with van der Waals surface area (Å²) in [5, 5.41) is 0. The lowest BCUT2D eigenvalue weighted by atomic mass is 10.1. The lowest BCUT2D eigenvalue weighted by Crippen LogP contribution is -2.45. The SMILES string of the molecule is CN1CCN(c2nc(N)nc3ncc(-c4ccc(F)cc4)nc23)CC1. The van der Waals surface area contributed by atoms with Crippen LogP contribution < -0.4 is 10.6 Å². The van der Waals surface area contributed by atoms with Crippen LogP contribution in [0, 0.1) is 5.82 Å². The molecule has 0 unspecified atom stereocenters. The van der Waals surface area contributed by atoms with E-state index in [1.165, 1.54) is 12.1 Å². The van der Waals surface area contributed by atoms with Crippen molar-refractivity contribution < 1.29 is 4.39 Å². The molecule has 0 spiro atoms. The topological polar surface area (TPSA) is 84.1 Å². The van der Waals surface area contributed by atoms with E-state index in [2.05, 4.69) is 36.8 Å². The second-order valence-corrected chi connectivity index (χ2v) is 6.13. The number of hydrogen-bond acceptors (Lipinski definition) is 7. The van der Waals surface area contributed by atoms with E-state index in [1.807, 2.05) is 0 Å². The Labute approximate surface area is 144 Å². The molecule has 3 aromatic rings. The molecule has 1 aliphatic rings. The van der Waals surface area contributed by atoms with Crippen molar-refractivity contribution in [2.45, 2.75) is 0 Å². The number of benzene rings is 1. The summed E-state index contributed by atoms with van der Waals surface area (Å²) in [6, 6.07) is 6.17. The second-order valence-electron chi connectivity index (χ2n) is 6.13. The Morgan fingerprint density at radius 3 is 2.44 bits per heavy atom. The first-order valence-electron chi connectivity index (χ1n) is 8.10. The number of rotatable bonds is 2. The lowest BCUT2D eigenvalue weighted by Gasteiger charge is -2.33. The zero-order valence-corrected chi connectivity index (χ0v) is 13.9. The number of nitrogens with zero attached hydrogens (tertiary/aromatic N) is 6. The predicted molar refractivity (Wildman–Crippen MR) is 94.6 cm³/mol. The minimum Gasteiger partial charge on any atom is -0.368 e. The van der Waals surface area contributed by atoms with Crippen LogP contribution in [-0.2, 0) is 0 Å². The first-order chi connectivity index (χ1) is 12.1. The summed E-state index contributed by atoms with van der Waals surface area (Å²) in [5.74, 6) is 0.601. The number of aromatic nitrogens is 4. The summed E-state index contributed by atoms with van der Waals surface area (Å²) in [6.45, 7) is 3.56. The standard InChI is InChI=1S/C17H18FN7/c1-24-6-8-25(9-7-24)16-14-15(22-17(19)23-16)20-10-13(21-14)11-2-4-12(18)5-3-11/h2-5,10H,6-9H2,1H3,(H2,19,20,22,23). The normalized spacial score (nSPS) is 15.7. The number of fused-ring (bicyclic) bond motifs is 1. The van der Waals surface area contributed by atoms with Gasteiger partial charge in [0.1, 0.15) is 5.82 Å². The molecule has 2 N–H and O–H groups in total. The maximum absolute atomic E-state index is 13.2. The van der Waals surface area contributed by atoms with Crippen molar-refractivity contribution >= 4 is 22.9 Å². The van der Waals surface area contributed by atoms with E-state index in [4.69, 9.17) is 5.73 Å². The molecule has 2 aromatic heterocycles. The Morgan fingerprint density at radius 2 is 1.72 bits per heavy atom. The molecule has 1 fully saturated rings. The molecule has 25 heavy (non-hydrogen) atoms. The fraction of sp³-hybridized carbons (Fsp3) is 0.294. The van der Waals surface area contributed by atoms with Gasteiger partial charge in [-0.1, -0.05) is 0 Å². The van der Waals surface area contributed by atoms with Gasteiger partial charge in [-0.05, 0) is 31.3 Å². The largest absolute Gasteiger partial charge is 0.368 e. The van der Waals surface area contributed by atoms with Crippen molar-refractivity contribution in [1.82, 2.24) is 24.8 Å². The zero-order valence-electron chi connectivity index (χ0n) is 13.9. The van der Waals surface area contributed by atoms with Crippen LogP contribution in [-0.4, -0.2) is 58.1 Å². The van der Waals surface area contributed by atoms with Crippen LogP contribution in [0.3, 0.4) is 0 Å². The highest BCUT2D eigenvalue weighted by atomic mass is 19.1. The molecule has 128 valence electrons. The van der Waals surface area contributed by atoms with Crippen molar-refractivity contribution in [2.24, 2.45) is 0 Å². The van der Waals surface area contributed by atoms with Gasteiger partial charge in [0.25, 0.3) is 0 Å². The average molecular weight is 339 g/mol. The number of hydrogen-bond donors (Lipinski definition) is 1. The van der Waals surface area contributed by atoms with E-state index >= 15 is 0 Å². The highest BCUT2D eigenvalue weighted by molar-refractivity contribution is 5.85. The van der Waals surface area contributed by atoms with Gasteiger partial charge >= 0.3 is 0 Å². The Bertz CT molecular complexity index is 905. The molecule has 0 atom stereocenters. The third-order valence-corrected chi connectivity index (χ3v) is 4.35. The summed E-state index contributed by atoms with van der Waals surface area (Å²) in [6.07, 6.45) is 1.62. The Balaban J connectivity index is 1.81. The quantitative estimate of drug-likeness (QED) is 0.758. The fourth-order valence-corrected chi connectivity index (χ4v) is 2.91. The molecule has 0 saturated carbocycles. The fourth-order valence-electron chi connectivity index (χ4n) is 2.91. The van der Waals surface area contributed by atoms with Gasteiger partial charge in [-0.25, -0.2) is 14.4 Å². The summed E-state index contributed by atoms with van der Waals surface area (Å²) < 4.78 is 13.2. The third kappa shape index (κ3) is 3.08. The molecule has 1 aliphatic heterocycles. The monoisotopic (exact) mass is 339 g/mol. The van der Waals surface area contributed by atoms with E-state index in [-0.39, 0.29) is 11.8 Å². The molecular weight excluding hydrogens is 321 g/mol. The van der Waals surface area contributed by atoms with Crippen molar-refractivity contribution in [3.05, 3.63) is 36.3 Å². The molecule has 0 aliphatic carbocycles. The van der Waals surface area contributed by atoms with Gasteiger partial charge in [-0.2, -0.15) is 9.97 Å². The molecule has 0 bridgehead atoms. The van der Waals surface area contributed by atoms with Gasteiger partial charge in [0, 0.05) is 31.7 Å². The lowest BCUT2D eigenvalue weighted by molar-refractivity contribution is 0.312. The van der Waals surface area contributed by atoms with Gasteiger partial charge in [0.2, 0.25) is 5.95 Å². The van der Waals surface area contributed by atoms with Gasteiger partial charge in [0.05, 0.1) is 11.9 Å². The number of nitrogens with two attached hydrogens (primary N) is 1. The molecule has 3 heterocycles. The maximum atomic E-state index is 13.2. The van der Waals surface area contributed by atoms with E-state index in [9.17, 15) is 4.39 Å². The number of halogens is 1. The van der Waals surface area contributed by atoms with Crippen LogP contribution in [0.25, 0.3) is 22.4 Å². The van der Waals surface area contributed by atoms with Crippen LogP contribution >= 0.6 is 0 Å². The number of anilines is 2. The molecule has 1 aromatic carbocycles. The van der Waals surface area contributed by atoms with Crippen LogP contribution in [0.2, 0.25) is 0 Å². The summed E-state index contributed by atoms with van der Waals surface area (Å²) in [7, 11) is 2.09. The molecule has 7 nitrogen and oxygen atoms in total. The van der Waals surface area contributed by atoms with E-state index in [0.717, 1.165) is 31.7 Å². The van der Waals surface area contributed by atoms with Gasteiger partial charge in [0.15, 0.2) is 17.0 Å².